The van der Waals surface area contributed by atoms with Crippen LogP contribution in [0.15, 0.2) is 24.3 Å². The maximum absolute atomic E-state index is 3.51. The van der Waals surface area contributed by atoms with E-state index in [1.807, 2.05) is 0 Å². The highest BCUT2D eigenvalue weighted by molar-refractivity contribution is 5.28. The standard InChI is InChI=1S/C16H24N2/c1-2-5-15-7-9-16(8-6-14(15)4-1)18-12-3-10-17-11-13-18/h1-2,4-5,16-17H,3,6-13H2. The molecule has 1 heterocycles. The summed E-state index contributed by atoms with van der Waals surface area (Å²) in [6.45, 7) is 4.89. The second-order valence-corrected chi connectivity index (χ2v) is 5.64. The first kappa shape index (κ1) is 12.2. The third-order valence-electron chi connectivity index (χ3n) is 4.50. The summed E-state index contributed by atoms with van der Waals surface area (Å²) < 4.78 is 0. The van der Waals surface area contributed by atoms with Crippen LogP contribution in [0.2, 0.25) is 0 Å². The van der Waals surface area contributed by atoms with Crippen molar-refractivity contribution in [2.75, 3.05) is 26.2 Å². The van der Waals surface area contributed by atoms with Gasteiger partial charge in [0.25, 0.3) is 0 Å². The molecule has 0 atom stereocenters. The summed E-state index contributed by atoms with van der Waals surface area (Å²) in [5, 5.41) is 3.51. The molecule has 1 aromatic rings. The normalized spacial score (nSPS) is 23.1. The number of hydrogen-bond acceptors (Lipinski definition) is 2. The van der Waals surface area contributed by atoms with Gasteiger partial charge in [-0.15, -0.1) is 0 Å². The Morgan fingerprint density at radius 3 is 2.39 bits per heavy atom. The summed E-state index contributed by atoms with van der Waals surface area (Å²) in [6, 6.07) is 9.82. The van der Waals surface area contributed by atoms with Crippen LogP contribution in [-0.2, 0) is 12.8 Å². The number of hydrogen-bond donors (Lipinski definition) is 1. The van der Waals surface area contributed by atoms with E-state index >= 15 is 0 Å². The molecule has 1 aliphatic heterocycles. The van der Waals surface area contributed by atoms with E-state index in [0.29, 0.717) is 0 Å². The fourth-order valence-corrected chi connectivity index (χ4v) is 3.43. The van der Waals surface area contributed by atoms with Crippen LogP contribution in [0.25, 0.3) is 0 Å². The van der Waals surface area contributed by atoms with Gasteiger partial charge in [-0.1, -0.05) is 24.3 Å². The quantitative estimate of drug-likeness (QED) is 0.762. The third-order valence-corrected chi connectivity index (χ3v) is 4.50. The van der Waals surface area contributed by atoms with E-state index in [2.05, 4.69) is 34.5 Å². The molecule has 3 rings (SSSR count). The Labute approximate surface area is 110 Å². The van der Waals surface area contributed by atoms with Gasteiger partial charge in [-0.3, -0.25) is 4.90 Å². The Morgan fingerprint density at radius 1 is 0.944 bits per heavy atom. The molecule has 0 bridgehead atoms. The first-order valence-electron chi connectivity index (χ1n) is 7.45. The Bertz CT molecular complexity index is 353. The molecule has 1 fully saturated rings. The minimum Gasteiger partial charge on any atom is -0.315 e. The second kappa shape index (κ2) is 5.85. The molecule has 0 spiro atoms. The van der Waals surface area contributed by atoms with Crippen molar-refractivity contribution >= 4 is 0 Å². The number of benzene rings is 1. The van der Waals surface area contributed by atoms with Crippen molar-refractivity contribution in [2.24, 2.45) is 0 Å². The molecule has 1 N–H and O–H groups in total. The van der Waals surface area contributed by atoms with Gasteiger partial charge in [0.15, 0.2) is 0 Å². The van der Waals surface area contributed by atoms with Gasteiger partial charge in [-0.05, 0) is 56.3 Å². The van der Waals surface area contributed by atoms with E-state index in [-0.39, 0.29) is 0 Å². The largest absolute Gasteiger partial charge is 0.315 e. The highest BCUT2D eigenvalue weighted by atomic mass is 15.2. The van der Waals surface area contributed by atoms with Gasteiger partial charge in [0.1, 0.15) is 0 Å². The molecule has 98 valence electrons. The van der Waals surface area contributed by atoms with E-state index in [0.717, 1.165) is 6.04 Å². The van der Waals surface area contributed by atoms with Crippen LogP contribution >= 0.6 is 0 Å². The Kier molecular flexibility index (Phi) is 3.96. The summed E-state index contributed by atoms with van der Waals surface area (Å²) in [5.41, 5.74) is 3.18. The highest BCUT2D eigenvalue weighted by Gasteiger charge is 2.22. The fraction of sp³-hybridized carbons (Fsp3) is 0.625. The summed E-state index contributed by atoms with van der Waals surface area (Å²) in [4.78, 5) is 2.73. The monoisotopic (exact) mass is 244 g/mol. The summed E-state index contributed by atoms with van der Waals surface area (Å²) in [5.74, 6) is 0. The van der Waals surface area contributed by atoms with Crippen LogP contribution in [0.4, 0.5) is 0 Å². The van der Waals surface area contributed by atoms with Gasteiger partial charge in [-0.25, -0.2) is 0 Å². The zero-order valence-corrected chi connectivity index (χ0v) is 11.2. The lowest BCUT2D eigenvalue weighted by molar-refractivity contribution is 0.191. The lowest BCUT2D eigenvalue weighted by Crippen LogP contribution is -2.38. The van der Waals surface area contributed by atoms with Crippen molar-refractivity contribution in [3.05, 3.63) is 35.4 Å². The number of aryl methyl sites for hydroxylation is 2. The molecule has 2 heteroatoms. The van der Waals surface area contributed by atoms with E-state index in [9.17, 15) is 0 Å². The minimum absolute atomic E-state index is 0.803. The topological polar surface area (TPSA) is 15.3 Å². The first-order valence-corrected chi connectivity index (χ1v) is 7.45. The molecule has 0 unspecified atom stereocenters. The van der Waals surface area contributed by atoms with Crippen LogP contribution in [0.1, 0.15) is 30.4 Å². The van der Waals surface area contributed by atoms with Gasteiger partial charge in [0.2, 0.25) is 0 Å². The average molecular weight is 244 g/mol. The molecule has 0 saturated carbocycles. The second-order valence-electron chi connectivity index (χ2n) is 5.64. The molecular weight excluding hydrogens is 220 g/mol. The van der Waals surface area contributed by atoms with Crippen LogP contribution in [0.5, 0.6) is 0 Å². The number of fused-ring (bicyclic) bond motifs is 1. The summed E-state index contributed by atoms with van der Waals surface area (Å²) >= 11 is 0. The molecular formula is C16H24N2. The van der Waals surface area contributed by atoms with Gasteiger partial charge in [0.05, 0.1) is 0 Å². The van der Waals surface area contributed by atoms with Crippen molar-refractivity contribution in [3.8, 4) is 0 Å². The van der Waals surface area contributed by atoms with Crippen molar-refractivity contribution in [2.45, 2.75) is 38.1 Å². The van der Waals surface area contributed by atoms with E-state index in [1.54, 1.807) is 11.1 Å². The minimum atomic E-state index is 0.803. The average Bonchev–Trinajstić information content (AvgIpc) is 2.79. The molecule has 0 amide bonds. The number of nitrogens with one attached hydrogen (secondary N) is 1. The molecule has 1 aliphatic carbocycles. The van der Waals surface area contributed by atoms with E-state index in [1.165, 1.54) is 58.3 Å². The predicted octanol–water partition coefficient (Wildman–Crippen LogP) is 2.23. The van der Waals surface area contributed by atoms with Crippen molar-refractivity contribution in [1.82, 2.24) is 10.2 Å². The SMILES string of the molecule is c1ccc2c(c1)CCC(N1CCCNCC1)CC2. The van der Waals surface area contributed by atoms with E-state index in [4.69, 9.17) is 0 Å². The van der Waals surface area contributed by atoms with Crippen LogP contribution in [0, 0.1) is 0 Å². The summed E-state index contributed by atoms with van der Waals surface area (Å²) in [6.07, 6.45) is 6.53. The van der Waals surface area contributed by atoms with E-state index < -0.39 is 0 Å². The maximum Gasteiger partial charge on any atom is 0.0110 e. The smallest absolute Gasteiger partial charge is 0.0110 e. The molecule has 18 heavy (non-hydrogen) atoms. The zero-order valence-electron chi connectivity index (χ0n) is 11.2. The van der Waals surface area contributed by atoms with Crippen LogP contribution in [0.3, 0.4) is 0 Å². The van der Waals surface area contributed by atoms with Crippen molar-refractivity contribution in [1.29, 1.82) is 0 Å². The number of rotatable bonds is 1. The molecule has 0 radical (unpaired) electrons. The number of nitrogens with zero attached hydrogens (tertiary/aromatic N) is 1. The van der Waals surface area contributed by atoms with Gasteiger partial charge < -0.3 is 5.32 Å². The molecule has 2 nitrogen and oxygen atoms in total. The Morgan fingerprint density at radius 2 is 1.67 bits per heavy atom. The zero-order chi connectivity index (χ0) is 12.2. The molecule has 1 aromatic carbocycles. The fourth-order valence-electron chi connectivity index (χ4n) is 3.43. The Hall–Kier alpha value is -0.860. The van der Waals surface area contributed by atoms with Crippen molar-refractivity contribution < 1.29 is 0 Å². The molecule has 0 aromatic heterocycles. The molecule has 2 aliphatic rings. The lowest BCUT2D eigenvalue weighted by Gasteiger charge is -2.29. The van der Waals surface area contributed by atoms with Crippen LogP contribution < -0.4 is 5.32 Å². The lowest BCUT2D eigenvalue weighted by atomic mass is 10.0. The maximum atomic E-state index is 3.51. The Balaban J connectivity index is 1.66. The summed E-state index contributed by atoms with van der Waals surface area (Å²) in [7, 11) is 0. The predicted molar refractivity (Wildman–Crippen MR) is 75.9 cm³/mol. The molecule has 1 saturated heterocycles. The van der Waals surface area contributed by atoms with Gasteiger partial charge in [-0.2, -0.15) is 0 Å². The van der Waals surface area contributed by atoms with Crippen LogP contribution in [-0.4, -0.2) is 37.1 Å². The van der Waals surface area contributed by atoms with Gasteiger partial charge in [0, 0.05) is 19.1 Å². The third kappa shape index (κ3) is 2.76. The van der Waals surface area contributed by atoms with Crippen molar-refractivity contribution in [3.63, 3.8) is 0 Å². The highest BCUT2D eigenvalue weighted by Crippen LogP contribution is 2.23. The van der Waals surface area contributed by atoms with Gasteiger partial charge >= 0.3 is 0 Å². The first-order chi connectivity index (χ1) is 8.93.